The van der Waals surface area contributed by atoms with E-state index in [0.717, 1.165) is 69.3 Å². The second-order valence-electron chi connectivity index (χ2n) is 20.8. The molecule has 0 aliphatic carbocycles. The van der Waals surface area contributed by atoms with Crippen LogP contribution < -0.4 is 5.43 Å². The van der Waals surface area contributed by atoms with Gasteiger partial charge in [0.05, 0.1) is 33.3 Å². The fraction of sp³-hybridized carbons (Fsp3) is 0.0921. The summed E-state index contributed by atoms with van der Waals surface area (Å²) in [5.41, 5.74) is 23.3. The van der Waals surface area contributed by atoms with Crippen molar-refractivity contribution in [1.29, 1.82) is 5.41 Å². The van der Waals surface area contributed by atoms with Gasteiger partial charge in [0.25, 0.3) is 0 Å². The quantitative estimate of drug-likeness (QED) is 0.115. The lowest BCUT2D eigenvalue weighted by Gasteiger charge is -2.15. The van der Waals surface area contributed by atoms with Gasteiger partial charge in [0, 0.05) is 62.2 Å². The first kappa shape index (κ1) is 52.0. The van der Waals surface area contributed by atoms with E-state index in [2.05, 4.69) is 233 Å². The lowest BCUT2D eigenvalue weighted by atomic mass is 9.92. The van der Waals surface area contributed by atoms with Crippen LogP contribution in [0.15, 0.2) is 265 Å². The van der Waals surface area contributed by atoms with Gasteiger partial charge in [-0.05, 0) is 136 Å². The van der Waals surface area contributed by atoms with Crippen LogP contribution in [0.2, 0.25) is 0 Å². The maximum absolute atomic E-state index is 8.95. The number of para-hydroxylation sites is 3. The van der Waals surface area contributed by atoms with Gasteiger partial charge < -0.3 is 9.13 Å². The largest absolute Gasteiger partial charge is 0.309 e. The molecular formula is C76H63N7. The fourth-order valence-corrected chi connectivity index (χ4v) is 12.2. The molecule has 7 heteroatoms. The normalized spacial score (nSPS) is 12.1. The molecular weight excluding hydrogens is 1010 g/mol. The summed E-state index contributed by atoms with van der Waals surface area (Å²) in [7, 11) is 0. The Kier molecular flexibility index (Phi) is 14.2. The summed E-state index contributed by atoms with van der Waals surface area (Å²) < 4.78 is 6.91. The molecule has 2 N–H and O–H groups in total. The Morgan fingerprint density at radius 2 is 0.988 bits per heavy atom. The van der Waals surface area contributed by atoms with E-state index in [0.29, 0.717) is 5.84 Å². The van der Waals surface area contributed by atoms with E-state index in [4.69, 9.17) is 15.4 Å². The zero-order chi connectivity index (χ0) is 56.4. The maximum Gasteiger partial charge on any atom is 0.154 e. The van der Waals surface area contributed by atoms with E-state index in [1.165, 1.54) is 82.6 Å². The molecule has 11 aromatic carbocycles. The van der Waals surface area contributed by atoms with E-state index in [9.17, 15) is 0 Å². The Hall–Kier alpha value is -10.4. The summed E-state index contributed by atoms with van der Waals surface area (Å²) in [5, 5.41) is 17.3. The Morgan fingerprint density at radius 3 is 1.65 bits per heavy atom. The molecule has 0 fully saturated rings. The summed E-state index contributed by atoms with van der Waals surface area (Å²) in [6.07, 6.45) is 4.12. The Labute approximate surface area is 484 Å². The van der Waals surface area contributed by atoms with E-state index >= 15 is 0 Å². The SMILES string of the molecule is CC.CCc1ccccc1C.N=C(N=C(Nn1c2ccccc2c2cc(-c3cccc4c(-c5ccc6c(c5)c5ccccc5n6-c5ccc6c(c5)c5c(n6-c6ccccc6)C=NCC5)cccc34)ccc21)c1ccccc1)c1ccccc1. The number of hydrogen-bond acceptors (Lipinski definition) is 2. The molecule has 402 valence electrons. The number of aromatic nitrogens is 3. The fourth-order valence-electron chi connectivity index (χ4n) is 12.2. The third-order valence-corrected chi connectivity index (χ3v) is 16.1. The first-order valence-corrected chi connectivity index (χ1v) is 28.9. The van der Waals surface area contributed by atoms with Crippen molar-refractivity contribution in [2.45, 2.75) is 40.5 Å². The monoisotopic (exact) mass is 1070 g/mol. The third kappa shape index (κ3) is 9.56. The highest BCUT2D eigenvalue weighted by atomic mass is 15.4. The number of fused-ring (bicyclic) bond motifs is 10. The van der Waals surface area contributed by atoms with Crippen molar-refractivity contribution >= 4 is 83.2 Å². The van der Waals surface area contributed by atoms with Gasteiger partial charge in [0.2, 0.25) is 0 Å². The molecule has 0 unspecified atom stereocenters. The zero-order valence-electron chi connectivity index (χ0n) is 47.2. The number of aryl methyl sites for hydroxylation is 2. The predicted octanol–water partition coefficient (Wildman–Crippen LogP) is 18.9. The Balaban J connectivity index is 0.000000533. The lowest BCUT2D eigenvalue weighted by Crippen LogP contribution is -2.25. The molecule has 0 radical (unpaired) electrons. The van der Waals surface area contributed by atoms with Crippen molar-refractivity contribution in [2.75, 3.05) is 12.0 Å². The highest BCUT2D eigenvalue weighted by molar-refractivity contribution is 6.17. The topological polar surface area (TPSA) is 75.4 Å². The minimum Gasteiger partial charge on any atom is -0.309 e. The smallest absolute Gasteiger partial charge is 0.154 e. The highest BCUT2D eigenvalue weighted by Gasteiger charge is 2.22. The second-order valence-corrected chi connectivity index (χ2v) is 20.8. The number of rotatable bonds is 8. The molecule has 0 amide bonds. The van der Waals surface area contributed by atoms with E-state index < -0.39 is 0 Å². The van der Waals surface area contributed by atoms with Crippen molar-refractivity contribution in [3.05, 3.63) is 288 Å². The zero-order valence-corrected chi connectivity index (χ0v) is 47.2. The van der Waals surface area contributed by atoms with E-state index in [1.54, 1.807) is 0 Å². The van der Waals surface area contributed by atoms with Gasteiger partial charge in [-0.25, -0.2) is 4.99 Å². The minimum absolute atomic E-state index is 0.185. The van der Waals surface area contributed by atoms with E-state index in [1.807, 2.05) is 74.5 Å². The Morgan fingerprint density at radius 1 is 0.470 bits per heavy atom. The molecule has 15 rings (SSSR count). The van der Waals surface area contributed by atoms with Gasteiger partial charge in [0.15, 0.2) is 11.7 Å². The highest BCUT2D eigenvalue weighted by Crippen LogP contribution is 2.41. The summed E-state index contributed by atoms with van der Waals surface area (Å²) in [6.45, 7) is 9.13. The molecule has 0 saturated heterocycles. The number of nitrogens with zero attached hydrogens (tertiary/aromatic N) is 5. The maximum atomic E-state index is 8.95. The average molecular weight is 1070 g/mol. The number of benzene rings is 11. The summed E-state index contributed by atoms with van der Waals surface area (Å²) in [6, 6.07) is 90.2. The first-order chi connectivity index (χ1) is 41.0. The molecule has 14 aromatic rings. The second kappa shape index (κ2) is 22.6. The van der Waals surface area contributed by atoms with Crippen LogP contribution in [0, 0.1) is 12.3 Å². The minimum atomic E-state index is 0.185. The molecule has 3 aromatic heterocycles. The van der Waals surface area contributed by atoms with Crippen LogP contribution in [0.25, 0.3) is 98.9 Å². The van der Waals surface area contributed by atoms with Crippen LogP contribution >= 0.6 is 0 Å². The molecule has 1 aliphatic rings. The molecule has 1 aliphatic heterocycles. The van der Waals surface area contributed by atoms with Crippen molar-refractivity contribution in [2.24, 2.45) is 9.98 Å². The standard InChI is InChI=1S/C65H45N7.C9H12.C2H6/c66-64(42-16-4-1-5-17-42)68-65(43-18-6-2-7-19-43)69-72-61-29-13-11-23-53(61)56-39-45(31-34-62(56)72)49-25-15-26-50-48(24-14-27-51(49)50)44-30-33-59-55(38-44)52-22-10-12-28-58(52)71(59)47-32-35-60-57(40-47)54-36-37-67-41-63(54)70(60)46-20-8-3-9-21-46;1-3-9-7-5-4-6-8(9)2;1-2/h1-35,38-41H,36-37H2,(H2,66,68,69);4-7H,3H2,1-2H3;1-2H3. The third-order valence-electron chi connectivity index (χ3n) is 16.1. The summed E-state index contributed by atoms with van der Waals surface area (Å²) in [4.78, 5) is 9.59. The molecule has 7 nitrogen and oxygen atoms in total. The van der Waals surface area contributed by atoms with Crippen LogP contribution in [0.1, 0.15) is 54.3 Å². The summed E-state index contributed by atoms with van der Waals surface area (Å²) >= 11 is 0. The number of hydrogen-bond donors (Lipinski definition) is 2. The van der Waals surface area contributed by atoms with Crippen LogP contribution in [0.5, 0.6) is 0 Å². The first-order valence-electron chi connectivity index (χ1n) is 28.9. The van der Waals surface area contributed by atoms with E-state index in [-0.39, 0.29) is 5.84 Å². The predicted molar refractivity (Wildman–Crippen MR) is 353 cm³/mol. The van der Waals surface area contributed by atoms with Gasteiger partial charge in [-0.15, -0.1) is 0 Å². The number of amidine groups is 2. The molecule has 0 saturated carbocycles. The van der Waals surface area contributed by atoms with Crippen molar-refractivity contribution < 1.29 is 0 Å². The van der Waals surface area contributed by atoms with Gasteiger partial charge in [-0.1, -0.05) is 209 Å². The van der Waals surface area contributed by atoms with Crippen LogP contribution in [0.4, 0.5) is 0 Å². The Bertz CT molecular complexity index is 4790. The lowest BCUT2D eigenvalue weighted by molar-refractivity contribution is 0.940. The van der Waals surface area contributed by atoms with Gasteiger partial charge in [-0.2, -0.15) is 0 Å². The number of aliphatic imine (C=N–C) groups is 2. The molecule has 0 bridgehead atoms. The van der Waals surface area contributed by atoms with Gasteiger partial charge >= 0.3 is 0 Å². The molecule has 4 heterocycles. The van der Waals surface area contributed by atoms with Crippen molar-refractivity contribution in [3.63, 3.8) is 0 Å². The van der Waals surface area contributed by atoms with Crippen molar-refractivity contribution in [3.8, 4) is 33.6 Å². The average Bonchev–Trinajstić information content (AvgIpc) is 4.21. The van der Waals surface area contributed by atoms with Crippen LogP contribution in [-0.4, -0.2) is 38.2 Å². The molecule has 0 atom stereocenters. The molecule has 0 spiro atoms. The number of nitrogens with one attached hydrogen (secondary N) is 2. The van der Waals surface area contributed by atoms with Gasteiger partial charge in [-0.3, -0.25) is 20.5 Å². The molecule has 83 heavy (non-hydrogen) atoms. The van der Waals surface area contributed by atoms with Crippen LogP contribution in [-0.2, 0) is 12.8 Å². The van der Waals surface area contributed by atoms with Crippen LogP contribution in [0.3, 0.4) is 0 Å². The van der Waals surface area contributed by atoms with Crippen molar-refractivity contribution in [1.82, 2.24) is 13.8 Å². The summed E-state index contributed by atoms with van der Waals surface area (Å²) in [5.74, 6) is 0.774. The van der Waals surface area contributed by atoms with Gasteiger partial charge in [0.1, 0.15) is 0 Å².